The molecule has 10 aromatic carbocycles. The van der Waals surface area contributed by atoms with Gasteiger partial charge in [0.1, 0.15) is 0 Å². The summed E-state index contributed by atoms with van der Waals surface area (Å²) in [5.74, 6) is 0. The average molecular weight is 704 g/mol. The summed E-state index contributed by atoms with van der Waals surface area (Å²) >= 11 is 1.89. The standard InChI is InChI=1S/C52H33NS/c1-2-14-36(15-3-1)50-44-21-8-6-18-41(44)42-19-7-9-22-45(42)51(50)37-26-29-38(30-27-37)53(48-23-12-16-34-13-4-5-17-40(34)48)39-31-25-35-28-32-46-43-20-10-11-24-49(43)54-52(46)47(35)33-39/h1-33H. The normalized spacial score (nSPS) is 11.7. The molecule has 1 heterocycles. The molecule has 54 heavy (non-hydrogen) atoms. The first-order chi connectivity index (χ1) is 26.8. The second kappa shape index (κ2) is 12.4. The molecule has 0 fully saturated rings. The Balaban J connectivity index is 1.15. The van der Waals surface area contributed by atoms with Crippen LogP contribution in [0.2, 0.25) is 0 Å². The summed E-state index contributed by atoms with van der Waals surface area (Å²) in [6, 6.07) is 73.5. The van der Waals surface area contributed by atoms with E-state index in [0.717, 1.165) is 17.1 Å². The van der Waals surface area contributed by atoms with Crippen molar-refractivity contribution >= 4 is 91.7 Å². The molecule has 0 aliphatic carbocycles. The molecule has 0 aliphatic rings. The predicted molar refractivity (Wildman–Crippen MR) is 235 cm³/mol. The van der Waals surface area contributed by atoms with Crippen molar-refractivity contribution in [2.45, 2.75) is 0 Å². The topological polar surface area (TPSA) is 3.24 Å². The Morgan fingerprint density at radius 2 is 0.852 bits per heavy atom. The fourth-order valence-electron chi connectivity index (χ4n) is 8.58. The Morgan fingerprint density at radius 3 is 1.59 bits per heavy atom. The summed E-state index contributed by atoms with van der Waals surface area (Å²) < 4.78 is 2.66. The molecule has 11 aromatic rings. The number of anilines is 3. The van der Waals surface area contributed by atoms with Crippen molar-refractivity contribution in [3.8, 4) is 22.3 Å². The van der Waals surface area contributed by atoms with E-state index in [1.54, 1.807) is 0 Å². The van der Waals surface area contributed by atoms with E-state index in [0.29, 0.717) is 0 Å². The maximum atomic E-state index is 2.44. The third kappa shape index (κ3) is 4.85. The minimum atomic E-state index is 1.12. The highest BCUT2D eigenvalue weighted by Crippen LogP contribution is 2.47. The van der Waals surface area contributed by atoms with Crippen LogP contribution >= 0.6 is 11.3 Å². The van der Waals surface area contributed by atoms with Gasteiger partial charge >= 0.3 is 0 Å². The molecule has 0 saturated carbocycles. The van der Waals surface area contributed by atoms with Gasteiger partial charge in [-0.05, 0) is 91.0 Å². The van der Waals surface area contributed by atoms with E-state index in [-0.39, 0.29) is 0 Å². The first-order valence-corrected chi connectivity index (χ1v) is 19.3. The first kappa shape index (κ1) is 30.8. The van der Waals surface area contributed by atoms with Crippen LogP contribution in [0.15, 0.2) is 200 Å². The van der Waals surface area contributed by atoms with Crippen LogP contribution in [0.5, 0.6) is 0 Å². The molecule has 0 bridgehead atoms. The molecule has 0 unspecified atom stereocenters. The van der Waals surface area contributed by atoms with Gasteiger partial charge in [-0.15, -0.1) is 11.3 Å². The fourth-order valence-corrected chi connectivity index (χ4v) is 9.81. The van der Waals surface area contributed by atoms with Crippen LogP contribution in [0.4, 0.5) is 17.1 Å². The van der Waals surface area contributed by atoms with Gasteiger partial charge in [0.15, 0.2) is 0 Å². The minimum Gasteiger partial charge on any atom is -0.310 e. The maximum Gasteiger partial charge on any atom is 0.0540 e. The number of nitrogens with zero attached hydrogens (tertiary/aromatic N) is 1. The van der Waals surface area contributed by atoms with Gasteiger partial charge in [-0.2, -0.15) is 0 Å². The van der Waals surface area contributed by atoms with Gasteiger partial charge in [0.05, 0.1) is 5.69 Å². The van der Waals surface area contributed by atoms with Gasteiger partial charge in [0.25, 0.3) is 0 Å². The van der Waals surface area contributed by atoms with Gasteiger partial charge < -0.3 is 4.90 Å². The summed E-state index contributed by atoms with van der Waals surface area (Å²) in [6.45, 7) is 0. The van der Waals surface area contributed by atoms with Crippen molar-refractivity contribution < 1.29 is 0 Å². The van der Waals surface area contributed by atoms with E-state index in [9.17, 15) is 0 Å². The molecule has 1 aromatic heterocycles. The Bertz CT molecular complexity index is 3210. The van der Waals surface area contributed by atoms with E-state index in [4.69, 9.17) is 0 Å². The van der Waals surface area contributed by atoms with Crippen molar-refractivity contribution in [1.29, 1.82) is 0 Å². The van der Waals surface area contributed by atoms with Gasteiger partial charge in [-0.1, -0.05) is 164 Å². The Hall–Kier alpha value is -6.74. The van der Waals surface area contributed by atoms with Crippen LogP contribution in [0.3, 0.4) is 0 Å². The minimum absolute atomic E-state index is 1.12. The van der Waals surface area contributed by atoms with Gasteiger partial charge in [-0.25, -0.2) is 0 Å². The highest BCUT2D eigenvalue weighted by molar-refractivity contribution is 7.26. The Kier molecular flexibility index (Phi) is 7.11. The molecular formula is C52H33NS. The molecule has 0 aliphatic heterocycles. The van der Waals surface area contributed by atoms with Crippen LogP contribution in [-0.2, 0) is 0 Å². The van der Waals surface area contributed by atoms with Crippen LogP contribution in [0, 0.1) is 0 Å². The molecule has 0 atom stereocenters. The Morgan fingerprint density at radius 1 is 0.315 bits per heavy atom. The number of benzene rings is 10. The van der Waals surface area contributed by atoms with Gasteiger partial charge in [0, 0.05) is 42.3 Å². The lowest BCUT2D eigenvalue weighted by Crippen LogP contribution is -2.10. The van der Waals surface area contributed by atoms with Crippen LogP contribution in [-0.4, -0.2) is 0 Å². The number of fused-ring (bicyclic) bond motifs is 9. The zero-order chi connectivity index (χ0) is 35.6. The van der Waals surface area contributed by atoms with Crippen molar-refractivity contribution in [3.63, 3.8) is 0 Å². The van der Waals surface area contributed by atoms with Crippen LogP contribution in [0.1, 0.15) is 0 Å². The van der Waals surface area contributed by atoms with Gasteiger partial charge in [-0.3, -0.25) is 0 Å². The maximum absolute atomic E-state index is 2.44. The number of hydrogen-bond acceptors (Lipinski definition) is 2. The third-order valence-corrected chi connectivity index (χ3v) is 12.2. The first-order valence-electron chi connectivity index (χ1n) is 18.5. The SMILES string of the molecule is c1ccc(-c2c(-c3ccc(N(c4ccc5ccc6c7ccccc7sc6c5c4)c4cccc5ccccc45)cc3)c3ccccc3c3ccccc23)cc1. The summed E-state index contributed by atoms with van der Waals surface area (Å²) in [5, 5.41) is 12.7. The highest BCUT2D eigenvalue weighted by Gasteiger charge is 2.20. The lowest BCUT2D eigenvalue weighted by molar-refractivity contribution is 1.30. The molecule has 11 rings (SSSR count). The zero-order valence-electron chi connectivity index (χ0n) is 29.4. The van der Waals surface area contributed by atoms with Gasteiger partial charge in [0.2, 0.25) is 0 Å². The molecule has 0 saturated heterocycles. The lowest BCUT2D eigenvalue weighted by Gasteiger charge is -2.27. The fraction of sp³-hybridized carbons (Fsp3) is 0. The van der Waals surface area contributed by atoms with E-state index >= 15 is 0 Å². The van der Waals surface area contributed by atoms with Crippen molar-refractivity contribution in [2.75, 3.05) is 4.90 Å². The number of hydrogen-bond donors (Lipinski definition) is 0. The monoisotopic (exact) mass is 703 g/mol. The molecule has 0 N–H and O–H groups in total. The Labute approximate surface area is 317 Å². The molecule has 0 spiro atoms. The largest absolute Gasteiger partial charge is 0.310 e. The van der Waals surface area contributed by atoms with Crippen LogP contribution < -0.4 is 4.90 Å². The van der Waals surface area contributed by atoms with Crippen LogP contribution in [0.25, 0.3) is 85.5 Å². The number of rotatable bonds is 5. The third-order valence-electron chi connectivity index (χ3n) is 11.0. The molecule has 252 valence electrons. The summed E-state index contributed by atoms with van der Waals surface area (Å²) in [4.78, 5) is 2.44. The molecular weight excluding hydrogens is 671 g/mol. The molecule has 2 heteroatoms. The average Bonchev–Trinajstić information content (AvgIpc) is 3.63. The lowest BCUT2D eigenvalue weighted by atomic mass is 9.85. The molecule has 0 amide bonds. The molecule has 0 radical (unpaired) electrons. The second-order valence-electron chi connectivity index (χ2n) is 14.0. The number of thiophene rings is 1. The van der Waals surface area contributed by atoms with E-state index in [1.165, 1.54) is 85.5 Å². The quantitative estimate of drug-likeness (QED) is 0.161. The summed E-state index contributed by atoms with van der Waals surface area (Å²) in [6.07, 6.45) is 0. The summed E-state index contributed by atoms with van der Waals surface area (Å²) in [5.41, 5.74) is 8.36. The molecule has 1 nitrogen and oxygen atoms in total. The zero-order valence-corrected chi connectivity index (χ0v) is 30.2. The van der Waals surface area contributed by atoms with E-state index in [2.05, 4.69) is 205 Å². The smallest absolute Gasteiger partial charge is 0.0540 e. The van der Waals surface area contributed by atoms with Crippen molar-refractivity contribution in [3.05, 3.63) is 200 Å². The van der Waals surface area contributed by atoms with Crippen molar-refractivity contribution in [2.24, 2.45) is 0 Å². The predicted octanol–water partition coefficient (Wildman–Crippen LogP) is 15.5. The van der Waals surface area contributed by atoms with Crippen molar-refractivity contribution in [1.82, 2.24) is 0 Å². The van der Waals surface area contributed by atoms with E-state index < -0.39 is 0 Å². The second-order valence-corrected chi connectivity index (χ2v) is 15.1. The summed E-state index contributed by atoms with van der Waals surface area (Å²) in [7, 11) is 0. The highest BCUT2D eigenvalue weighted by atomic mass is 32.1. The van der Waals surface area contributed by atoms with E-state index in [1.807, 2.05) is 11.3 Å².